The van der Waals surface area contributed by atoms with Gasteiger partial charge in [-0.25, -0.2) is 9.07 Å². The Balaban J connectivity index is 1.41. The van der Waals surface area contributed by atoms with Crippen LogP contribution >= 0.6 is 0 Å². The van der Waals surface area contributed by atoms with Gasteiger partial charge in [-0.3, -0.25) is 9.59 Å². The maximum atomic E-state index is 13.1. The van der Waals surface area contributed by atoms with Crippen molar-refractivity contribution in [3.63, 3.8) is 0 Å². The molecule has 2 bridgehead atoms. The summed E-state index contributed by atoms with van der Waals surface area (Å²) in [6.07, 6.45) is 6.84. The normalized spacial score (nSPS) is 23.3. The first-order valence-electron chi connectivity index (χ1n) is 8.87. The second kappa shape index (κ2) is 6.86. The van der Waals surface area contributed by atoms with Crippen LogP contribution in [-0.2, 0) is 11.3 Å². The molecule has 3 atom stereocenters. The average molecular weight is 353 g/mol. The van der Waals surface area contributed by atoms with Gasteiger partial charge < -0.3 is 5.32 Å². The Bertz CT molecular complexity index is 904. The van der Waals surface area contributed by atoms with Crippen LogP contribution in [0.4, 0.5) is 4.39 Å². The smallest absolute Gasteiger partial charge is 0.267 e. The number of benzene rings is 1. The Morgan fingerprint density at radius 3 is 2.65 bits per heavy atom. The molecule has 4 rings (SSSR count). The van der Waals surface area contributed by atoms with Crippen molar-refractivity contribution in [1.29, 1.82) is 0 Å². The second-order valence-electron chi connectivity index (χ2n) is 7.07. The molecule has 0 radical (unpaired) electrons. The Kier molecular flexibility index (Phi) is 4.41. The van der Waals surface area contributed by atoms with Crippen molar-refractivity contribution >= 4 is 5.91 Å². The van der Waals surface area contributed by atoms with Crippen molar-refractivity contribution in [2.75, 3.05) is 6.54 Å². The number of fused-ring (bicyclic) bond motifs is 2. The highest BCUT2D eigenvalue weighted by molar-refractivity contribution is 5.75. The van der Waals surface area contributed by atoms with Gasteiger partial charge in [-0.1, -0.05) is 12.2 Å². The summed E-state index contributed by atoms with van der Waals surface area (Å²) < 4.78 is 14.2. The Hall–Kier alpha value is -2.76. The molecule has 1 amide bonds. The zero-order valence-corrected chi connectivity index (χ0v) is 14.3. The lowest BCUT2D eigenvalue weighted by atomic mass is 9.94. The summed E-state index contributed by atoms with van der Waals surface area (Å²) in [5, 5.41) is 7.17. The lowest BCUT2D eigenvalue weighted by molar-refractivity contribution is -0.122. The van der Waals surface area contributed by atoms with Gasteiger partial charge in [0.25, 0.3) is 5.56 Å². The van der Waals surface area contributed by atoms with Crippen molar-refractivity contribution in [3.05, 3.63) is 64.7 Å². The molecule has 1 aromatic carbocycles. The van der Waals surface area contributed by atoms with Gasteiger partial charge in [0.15, 0.2) is 0 Å². The molecule has 2 aliphatic rings. The number of carbonyl (C=O) groups is 1. The Morgan fingerprint density at radius 2 is 1.96 bits per heavy atom. The third kappa shape index (κ3) is 3.45. The summed E-state index contributed by atoms with van der Waals surface area (Å²) >= 11 is 0. The van der Waals surface area contributed by atoms with E-state index in [1.165, 1.54) is 24.6 Å². The quantitative estimate of drug-likeness (QED) is 0.840. The lowest BCUT2D eigenvalue weighted by Crippen LogP contribution is -2.36. The zero-order valence-electron chi connectivity index (χ0n) is 14.3. The fraction of sp³-hybridized carbons (Fsp3) is 0.350. The van der Waals surface area contributed by atoms with E-state index in [9.17, 15) is 14.0 Å². The maximum Gasteiger partial charge on any atom is 0.267 e. The molecule has 1 aromatic heterocycles. The van der Waals surface area contributed by atoms with Gasteiger partial charge in [-0.2, -0.15) is 5.10 Å². The third-order valence-electron chi connectivity index (χ3n) is 5.28. The third-order valence-corrected chi connectivity index (χ3v) is 5.28. The van der Waals surface area contributed by atoms with E-state index >= 15 is 0 Å². The predicted molar refractivity (Wildman–Crippen MR) is 95.7 cm³/mol. The second-order valence-corrected chi connectivity index (χ2v) is 7.07. The highest BCUT2D eigenvalue weighted by atomic mass is 19.1. The number of rotatable bonds is 5. The van der Waals surface area contributed by atoms with Crippen molar-refractivity contribution in [3.8, 4) is 11.3 Å². The molecule has 0 aliphatic heterocycles. The molecule has 0 saturated heterocycles. The molecule has 1 heterocycles. The summed E-state index contributed by atoms with van der Waals surface area (Å²) in [7, 11) is 0. The van der Waals surface area contributed by atoms with Gasteiger partial charge in [-0.05, 0) is 60.9 Å². The van der Waals surface area contributed by atoms with Gasteiger partial charge >= 0.3 is 0 Å². The zero-order chi connectivity index (χ0) is 18.1. The minimum atomic E-state index is -0.339. The minimum Gasteiger partial charge on any atom is -0.354 e. The van der Waals surface area contributed by atoms with Crippen LogP contribution in [0.1, 0.15) is 12.8 Å². The standard InChI is InChI=1S/C20H20FN3O2/c21-17-5-3-14(4-6-17)18-7-8-20(26)24(23-18)12-19(25)22-11-16-10-13-1-2-15(16)9-13/h1-8,13,15-16H,9-12H2,(H,22,25)/t13-,15+,16-/m0/s1. The molecular weight excluding hydrogens is 333 g/mol. The number of allylic oxidation sites excluding steroid dienone is 2. The fourth-order valence-corrected chi connectivity index (χ4v) is 3.90. The molecule has 0 unspecified atom stereocenters. The summed E-state index contributed by atoms with van der Waals surface area (Å²) in [5.41, 5.74) is 0.874. The van der Waals surface area contributed by atoms with Crippen LogP contribution in [0.15, 0.2) is 53.3 Å². The summed E-state index contributed by atoms with van der Waals surface area (Å²) in [6, 6.07) is 8.81. The van der Waals surface area contributed by atoms with E-state index in [1.54, 1.807) is 18.2 Å². The van der Waals surface area contributed by atoms with Crippen LogP contribution in [-0.4, -0.2) is 22.2 Å². The van der Waals surface area contributed by atoms with Gasteiger partial charge in [0, 0.05) is 18.2 Å². The maximum absolute atomic E-state index is 13.1. The average Bonchev–Trinajstić information content (AvgIpc) is 3.26. The summed E-state index contributed by atoms with van der Waals surface area (Å²) in [6.45, 7) is 0.515. The van der Waals surface area contributed by atoms with Crippen LogP contribution in [0.5, 0.6) is 0 Å². The molecule has 0 spiro atoms. The number of aromatic nitrogens is 2. The van der Waals surface area contributed by atoms with Crippen molar-refractivity contribution in [2.45, 2.75) is 19.4 Å². The molecular formula is C20H20FN3O2. The topological polar surface area (TPSA) is 64.0 Å². The molecule has 2 aliphatic carbocycles. The van der Waals surface area contributed by atoms with Crippen LogP contribution in [0, 0.1) is 23.6 Å². The Morgan fingerprint density at radius 1 is 1.15 bits per heavy atom. The molecule has 26 heavy (non-hydrogen) atoms. The molecule has 5 nitrogen and oxygen atoms in total. The molecule has 1 fully saturated rings. The van der Waals surface area contributed by atoms with Crippen molar-refractivity contribution in [2.24, 2.45) is 17.8 Å². The van der Waals surface area contributed by atoms with Crippen molar-refractivity contribution < 1.29 is 9.18 Å². The monoisotopic (exact) mass is 353 g/mol. The van der Waals surface area contributed by atoms with E-state index in [1.807, 2.05) is 0 Å². The van der Waals surface area contributed by atoms with Gasteiger partial charge in [0.05, 0.1) is 5.69 Å². The van der Waals surface area contributed by atoms with Crippen LogP contribution in [0.2, 0.25) is 0 Å². The number of amides is 1. The van der Waals surface area contributed by atoms with Crippen LogP contribution in [0.3, 0.4) is 0 Å². The predicted octanol–water partition coefficient (Wildman–Crippen LogP) is 2.38. The van der Waals surface area contributed by atoms with E-state index < -0.39 is 0 Å². The number of nitrogens with zero attached hydrogens (tertiary/aromatic N) is 2. The molecule has 6 heteroatoms. The van der Waals surface area contributed by atoms with E-state index in [4.69, 9.17) is 0 Å². The first-order chi connectivity index (χ1) is 12.6. The molecule has 1 N–H and O–H groups in total. The molecule has 2 aromatic rings. The number of carbonyl (C=O) groups excluding carboxylic acids is 1. The fourth-order valence-electron chi connectivity index (χ4n) is 3.90. The van der Waals surface area contributed by atoms with E-state index in [0.717, 1.165) is 11.1 Å². The van der Waals surface area contributed by atoms with Crippen LogP contribution in [0.25, 0.3) is 11.3 Å². The number of nitrogens with one attached hydrogen (secondary N) is 1. The lowest BCUT2D eigenvalue weighted by Gasteiger charge is -2.18. The summed E-state index contributed by atoms with van der Waals surface area (Å²) in [4.78, 5) is 24.2. The number of halogens is 1. The Labute approximate surface area is 150 Å². The minimum absolute atomic E-state index is 0.121. The first-order valence-corrected chi connectivity index (χ1v) is 8.87. The molecule has 1 saturated carbocycles. The van der Waals surface area contributed by atoms with E-state index in [-0.39, 0.29) is 23.8 Å². The van der Waals surface area contributed by atoms with Gasteiger partial charge in [0.1, 0.15) is 12.4 Å². The van der Waals surface area contributed by atoms with Crippen LogP contribution < -0.4 is 10.9 Å². The van der Waals surface area contributed by atoms with Gasteiger partial charge in [0.2, 0.25) is 5.91 Å². The van der Waals surface area contributed by atoms with Gasteiger partial charge in [-0.15, -0.1) is 0 Å². The van der Waals surface area contributed by atoms with E-state index in [2.05, 4.69) is 22.6 Å². The van der Waals surface area contributed by atoms with E-state index in [0.29, 0.717) is 35.6 Å². The highest BCUT2D eigenvalue weighted by Crippen LogP contribution is 2.42. The molecule has 134 valence electrons. The van der Waals surface area contributed by atoms with Crippen molar-refractivity contribution in [1.82, 2.24) is 15.1 Å². The highest BCUT2D eigenvalue weighted by Gasteiger charge is 2.35. The first kappa shape index (κ1) is 16.7. The largest absolute Gasteiger partial charge is 0.354 e. The summed E-state index contributed by atoms with van der Waals surface area (Å²) in [5.74, 6) is 1.17. The number of hydrogen-bond donors (Lipinski definition) is 1. The SMILES string of the molecule is O=C(Cn1nc(-c2ccc(F)cc2)ccc1=O)NC[C@@H]1C[C@H]2C=C[C@@H]1C2. The number of hydrogen-bond acceptors (Lipinski definition) is 3.